The number of ether oxygens (including phenoxy) is 2. The highest BCUT2D eigenvalue weighted by Gasteiger charge is 2.30. The fourth-order valence-electron chi connectivity index (χ4n) is 3.39. The highest BCUT2D eigenvalue weighted by molar-refractivity contribution is 6.04. The lowest BCUT2D eigenvalue weighted by atomic mass is 10.1. The largest absolute Gasteiger partial charge is 0.482 e. The summed E-state index contributed by atoms with van der Waals surface area (Å²) in [5.41, 5.74) is 1.65. The van der Waals surface area contributed by atoms with Crippen LogP contribution in [0.25, 0.3) is 0 Å². The van der Waals surface area contributed by atoms with Crippen LogP contribution in [0.1, 0.15) is 36.2 Å². The van der Waals surface area contributed by atoms with Crippen molar-refractivity contribution in [1.29, 1.82) is 0 Å². The summed E-state index contributed by atoms with van der Waals surface area (Å²) in [6, 6.07) is 14.1. The number of ketones is 1. The average Bonchev–Trinajstić information content (AvgIpc) is 2.80. The number of carbonyl (C=O) groups is 4. The van der Waals surface area contributed by atoms with Crippen LogP contribution in [0.5, 0.6) is 5.75 Å². The lowest BCUT2D eigenvalue weighted by molar-refractivity contribution is -0.149. The van der Waals surface area contributed by atoms with E-state index in [0.717, 1.165) is 5.56 Å². The lowest BCUT2D eigenvalue weighted by Crippen LogP contribution is -2.47. The molecule has 1 aliphatic heterocycles. The van der Waals surface area contributed by atoms with Gasteiger partial charge in [0, 0.05) is 18.5 Å². The molecule has 8 nitrogen and oxygen atoms in total. The van der Waals surface area contributed by atoms with Crippen LogP contribution in [0.2, 0.25) is 0 Å². The highest BCUT2D eigenvalue weighted by atomic mass is 16.5. The second-order valence-corrected chi connectivity index (χ2v) is 7.27. The van der Waals surface area contributed by atoms with Crippen LogP contribution < -0.4 is 9.64 Å². The number of Topliss-reactive ketones (excluding diaryl/α,β-unsaturated/α-hetero) is 1. The zero-order chi connectivity index (χ0) is 23.1. The molecule has 0 aliphatic carbocycles. The molecule has 0 saturated heterocycles. The molecular formula is C24H26N2O6. The molecule has 8 heteroatoms. The third-order valence-corrected chi connectivity index (χ3v) is 5.03. The number of hydrogen-bond donors (Lipinski definition) is 0. The van der Waals surface area contributed by atoms with Gasteiger partial charge in [0.05, 0.1) is 12.3 Å². The molecule has 3 rings (SSSR count). The predicted molar refractivity (Wildman–Crippen MR) is 117 cm³/mol. The molecular weight excluding hydrogens is 412 g/mol. The number of benzene rings is 2. The summed E-state index contributed by atoms with van der Waals surface area (Å²) in [7, 11) is 0. The van der Waals surface area contributed by atoms with E-state index in [2.05, 4.69) is 0 Å². The molecule has 0 fully saturated rings. The number of hydrogen-bond acceptors (Lipinski definition) is 6. The van der Waals surface area contributed by atoms with Gasteiger partial charge in [-0.05, 0) is 30.7 Å². The Morgan fingerprint density at radius 3 is 2.53 bits per heavy atom. The number of esters is 1. The molecule has 2 aromatic rings. The van der Waals surface area contributed by atoms with E-state index in [4.69, 9.17) is 9.47 Å². The van der Waals surface area contributed by atoms with Gasteiger partial charge in [-0.25, -0.2) is 0 Å². The van der Waals surface area contributed by atoms with E-state index in [1.54, 1.807) is 32.0 Å². The van der Waals surface area contributed by atoms with Gasteiger partial charge < -0.3 is 14.4 Å². The van der Waals surface area contributed by atoms with E-state index in [0.29, 0.717) is 23.4 Å². The zero-order valence-corrected chi connectivity index (χ0v) is 18.2. The Morgan fingerprint density at radius 2 is 1.84 bits per heavy atom. The van der Waals surface area contributed by atoms with E-state index >= 15 is 0 Å². The average molecular weight is 438 g/mol. The molecule has 0 bridgehead atoms. The van der Waals surface area contributed by atoms with Crippen LogP contribution in [-0.2, 0) is 25.7 Å². The van der Waals surface area contributed by atoms with Crippen molar-refractivity contribution in [3.05, 3.63) is 59.7 Å². The standard InChI is InChI=1S/C24H26N2O6/c1-3-20(27)18-10-11-21-19(12-18)26(23(29)16-32-21)14-22(28)25(15-24(30)31-4-2)13-17-8-6-5-7-9-17/h5-12H,3-4,13-16H2,1-2H3. The Morgan fingerprint density at radius 1 is 1.09 bits per heavy atom. The maximum absolute atomic E-state index is 13.2. The summed E-state index contributed by atoms with van der Waals surface area (Å²) in [5, 5.41) is 0. The van der Waals surface area contributed by atoms with Crippen molar-refractivity contribution in [3.63, 3.8) is 0 Å². The summed E-state index contributed by atoms with van der Waals surface area (Å²) in [6.45, 7) is 3.11. The number of carbonyl (C=O) groups excluding carboxylic acids is 4. The second-order valence-electron chi connectivity index (χ2n) is 7.27. The Labute approximate surface area is 186 Å². The van der Waals surface area contributed by atoms with E-state index in [1.807, 2.05) is 30.3 Å². The predicted octanol–water partition coefficient (Wildman–Crippen LogP) is 2.60. The minimum Gasteiger partial charge on any atom is -0.482 e. The maximum atomic E-state index is 13.2. The summed E-state index contributed by atoms with van der Waals surface area (Å²) >= 11 is 0. The van der Waals surface area contributed by atoms with Gasteiger partial charge in [-0.2, -0.15) is 0 Å². The third kappa shape index (κ3) is 5.51. The molecule has 1 aliphatic rings. The summed E-state index contributed by atoms with van der Waals surface area (Å²) in [6.07, 6.45) is 0.316. The van der Waals surface area contributed by atoms with Gasteiger partial charge >= 0.3 is 5.97 Å². The molecule has 32 heavy (non-hydrogen) atoms. The molecule has 1 heterocycles. The molecule has 0 unspecified atom stereocenters. The Balaban J connectivity index is 1.85. The minimum atomic E-state index is -0.527. The van der Waals surface area contributed by atoms with Gasteiger partial charge in [-0.3, -0.25) is 24.1 Å². The fourth-order valence-corrected chi connectivity index (χ4v) is 3.39. The summed E-state index contributed by atoms with van der Waals surface area (Å²) in [4.78, 5) is 52.7. The minimum absolute atomic E-state index is 0.0786. The number of rotatable bonds is 9. The lowest BCUT2D eigenvalue weighted by Gasteiger charge is -2.31. The third-order valence-electron chi connectivity index (χ3n) is 5.03. The van der Waals surface area contributed by atoms with E-state index < -0.39 is 17.8 Å². The second kappa shape index (κ2) is 10.6. The molecule has 2 amide bonds. The van der Waals surface area contributed by atoms with Gasteiger partial charge in [-0.1, -0.05) is 37.3 Å². The fraction of sp³-hybridized carbons (Fsp3) is 0.333. The Bertz CT molecular complexity index is 1000. The van der Waals surface area contributed by atoms with Gasteiger partial charge in [-0.15, -0.1) is 0 Å². The smallest absolute Gasteiger partial charge is 0.325 e. The first-order chi connectivity index (χ1) is 15.4. The van der Waals surface area contributed by atoms with E-state index in [1.165, 1.54) is 9.80 Å². The first-order valence-corrected chi connectivity index (χ1v) is 10.5. The van der Waals surface area contributed by atoms with Crippen LogP contribution in [0.3, 0.4) is 0 Å². The van der Waals surface area contributed by atoms with Crippen molar-refractivity contribution in [3.8, 4) is 5.75 Å². The number of nitrogens with zero attached hydrogens (tertiary/aromatic N) is 2. The van der Waals surface area contributed by atoms with Crippen molar-refractivity contribution in [1.82, 2.24) is 4.90 Å². The quantitative estimate of drug-likeness (QED) is 0.441. The molecule has 0 radical (unpaired) electrons. The molecule has 0 atom stereocenters. The SMILES string of the molecule is CCOC(=O)CN(Cc1ccccc1)C(=O)CN1C(=O)COc2ccc(C(=O)CC)cc21. The molecule has 0 N–H and O–H groups in total. The Kier molecular flexibility index (Phi) is 7.59. The summed E-state index contributed by atoms with van der Waals surface area (Å²) < 4.78 is 10.5. The van der Waals surface area contributed by atoms with E-state index in [9.17, 15) is 19.2 Å². The van der Waals surface area contributed by atoms with Gasteiger partial charge in [0.15, 0.2) is 12.4 Å². The first kappa shape index (κ1) is 23.0. The van der Waals surface area contributed by atoms with Crippen LogP contribution in [0.15, 0.2) is 48.5 Å². The highest BCUT2D eigenvalue weighted by Crippen LogP contribution is 2.33. The monoisotopic (exact) mass is 438 g/mol. The van der Waals surface area contributed by atoms with Crippen molar-refractivity contribution >= 4 is 29.3 Å². The molecule has 0 spiro atoms. The zero-order valence-electron chi connectivity index (χ0n) is 18.2. The van der Waals surface area contributed by atoms with Crippen molar-refractivity contribution < 1.29 is 28.7 Å². The van der Waals surface area contributed by atoms with Crippen LogP contribution in [0.4, 0.5) is 5.69 Å². The normalized spacial score (nSPS) is 12.6. The number of fused-ring (bicyclic) bond motifs is 1. The molecule has 0 saturated carbocycles. The maximum Gasteiger partial charge on any atom is 0.325 e. The van der Waals surface area contributed by atoms with Crippen LogP contribution >= 0.6 is 0 Å². The van der Waals surface area contributed by atoms with E-state index in [-0.39, 0.29) is 38.6 Å². The Hall–Kier alpha value is -3.68. The number of amides is 2. The van der Waals surface area contributed by atoms with Gasteiger partial charge in [0.1, 0.15) is 18.8 Å². The number of anilines is 1. The first-order valence-electron chi connectivity index (χ1n) is 10.5. The topological polar surface area (TPSA) is 93.2 Å². The molecule has 0 aromatic heterocycles. The van der Waals surface area contributed by atoms with Crippen molar-refractivity contribution in [2.75, 3.05) is 31.2 Å². The van der Waals surface area contributed by atoms with Crippen molar-refractivity contribution in [2.24, 2.45) is 0 Å². The van der Waals surface area contributed by atoms with Crippen LogP contribution in [0, 0.1) is 0 Å². The van der Waals surface area contributed by atoms with Crippen LogP contribution in [-0.4, -0.2) is 54.8 Å². The summed E-state index contributed by atoms with van der Waals surface area (Å²) in [5.74, 6) is -1.01. The van der Waals surface area contributed by atoms with Gasteiger partial charge in [0.2, 0.25) is 5.91 Å². The molecule has 2 aromatic carbocycles. The van der Waals surface area contributed by atoms with Gasteiger partial charge in [0.25, 0.3) is 5.91 Å². The molecule has 168 valence electrons. The van der Waals surface area contributed by atoms with Crippen molar-refractivity contribution in [2.45, 2.75) is 26.8 Å².